The van der Waals surface area contributed by atoms with Gasteiger partial charge in [0.15, 0.2) is 5.78 Å². The molecule has 0 aliphatic rings. The molecule has 0 unspecified atom stereocenters. The number of ether oxygens (including phenoxy) is 1. The first-order chi connectivity index (χ1) is 10.7. The molecule has 1 N–H and O–H groups in total. The van der Waals surface area contributed by atoms with Crippen LogP contribution in [0.25, 0.3) is 0 Å². The molecule has 0 heterocycles. The Morgan fingerprint density at radius 2 is 1.78 bits per heavy atom. The minimum Gasteiger partial charge on any atom is -0.496 e. The molecule has 122 valence electrons. The number of hydrogen-bond acceptors (Lipinski definition) is 4. The lowest BCUT2D eigenvalue weighted by molar-refractivity contribution is 0.101. The Hall–Kier alpha value is -2.34. The van der Waals surface area contributed by atoms with E-state index < -0.39 is 10.0 Å². The summed E-state index contributed by atoms with van der Waals surface area (Å²) in [6.45, 7) is 5.04. The van der Waals surface area contributed by atoms with Crippen molar-refractivity contribution in [1.82, 2.24) is 0 Å². The van der Waals surface area contributed by atoms with Crippen LogP contribution >= 0.6 is 0 Å². The van der Waals surface area contributed by atoms with Crippen LogP contribution in [0.1, 0.15) is 28.4 Å². The number of hydrogen-bond donors (Lipinski definition) is 1. The number of carbonyl (C=O) groups excluding carboxylic acids is 1. The quantitative estimate of drug-likeness (QED) is 0.852. The van der Waals surface area contributed by atoms with Crippen LogP contribution in [0.4, 0.5) is 5.69 Å². The Morgan fingerprint density at radius 3 is 2.39 bits per heavy atom. The highest BCUT2D eigenvalue weighted by molar-refractivity contribution is 7.92. The van der Waals surface area contributed by atoms with Crippen molar-refractivity contribution in [2.24, 2.45) is 0 Å². The third kappa shape index (κ3) is 3.71. The second-order valence-electron chi connectivity index (χ2n) is 5.33. The van der Waals surface area contributed by atoms with Crippen LogP contribution in [-0.4, -0.2) is 21.3 Å². The fourth-order valence-electron chi connectivity index (χ4n) is 2.21. The van der Waals surface area contributed by atoms with Crippen LogP contribution in [0.15, 0.2) is 41.3 Å². The highest BCUT2D eigenvalue weighted by Gasteiger charge is 2.17. The van der Waals surface area contributed by atoms with Gasteiger partial charge in [-0.3, -0.25) is 9.52 Å². The molecule has 0 aliphatic carbocycles. The van der Waals surface area contributed by atoms with Gasteiger partial charge in [-0.05, 0) is 56.2 Å². The lowest BCUT2D eigenvalue weighted by Gasteiger charge is -2.14. The predicted octanol–water partition coefficient (Wildman–Crippen LogP) is 3.32. The zero-order chi connectivity index (χ0) is 17.2. The third-order valence-corrected chi connectivity index (χ3v) is 4.90. The molecule has 0 radical (unpaired) electrons. The molecule has 0 bridgehead atoms. The number of nitrogens with one attached hydrogen (secondary N) is 1. The van der Waals surface area contributed by atoms with Gasteiger partial charge >= 0.3 is 0 Å². The molecular formula is C17H19NO4S. The second kappa shape index (κ2) is 6.42. The van der Waals surface area contributed by atoms with Crippen LogP contribution in [0.5, 0.6) is 5.75 Å². The van der Waals surface area contributed by atoms with Crippen molar-refractivity contribution < 1.29 is 17.9 Å². The van der Waals surface area contributed by atoms with Gasteiger partial charge in [-0.15, -0.1) is 0 Å². The summed E-state index contributed by atoms with van der Waals surface area (Å²) in [5, 5.41) is 0. The normalized spacial score (nSPS) is 11.1. The topological polar surface area (TPSA) is 72.5 Å². The number of rotatable bonds is 5. The van der Waals surface area contributed by atoms with Gasteiger partial charge in [0, 0.05) is 5.56 Å². The summed E-state index contributed by atoms with van der Waals surface area (Å²) >= 11 is 0. The predicted molar refractivity (Wildman–Crippen MR) is 89.7 cm³/mol. The van der Waals surface area contributed by atoms with Crippen LogP contribution in [0.2, 0.25) is 0 Å². The average molecular weight is 333 g/mol. The molecule has 0 fully saturated rings. The van der Waals surface area contributed by atoms with E-state index in [0.29, 0.717) is 17.0 Å². The van der Waals surface area contributed by atoms with Crippen molar-refractivity contribution in [3.63, 3.8) is 0 Å². The van der Waals surface area contributed by atoms with Crippen molar-refractivity contribution in [3.8, 4) is 5.75 Å². The molecule has 2 rings (SSSR count). The van der Waals surface area contributed by atoms with Crippen molar-refractivity contribution >= 4 is 21.5 Å². The van der Waals surface area contributed by atoms with E-state index in [4.69, 9.17) is 4.74 Å². The van der Waals surface area contributed by atoms with Crippen LogP contribution in [0, 0.1) is 13.8 Å². The maximum absolute atomic E-state index is 12.5. The van der Waals surface area contributed by atoms with Gasteiger partial charge in [0.25, 0.3) is 10.0 Å². The van der Waals surface area contributed by atoms with Gasteiger partial charge in [0.1, 0.15) is 5.75 Å². The van der Waals surface area contributed by atoms with E-state index in [0.717, 1.165) is 11.1 Å². The van der Waals surface area contributed by atoms with Gasteiger partial charge < -0.3 is 4.74 Å². The average Bonchev–Trinajstić information content (AvgIpc) is 2.50. The molecule has 0 aliphatic heterocycles. The van der Waals surface area contributed by atoms with Crippen molar-refractivity contribution in [1.29, 1.82) is 0 Å². The number of benzene rings is 2. The summed E-state index contributed by atoms with van der Waals surface area (Å²) in [6, 6.07) is 9.47. The molecule has 23 heavy (non-hydrogen) atoms. The Labute approximate surface area is 136 Å². The maximum Gasteiger partial charge on any atom is 0.261 e. The van der Waals surface area contributed by atoms with E-state index >= 15 is 0 Å². The second-order valence-corrected chi connectivity index (χ2v) is 7.01. The van der Waals surface area contributed by atoms with E-state index in [9.17, 15) is 13.2 Å². The van der Waals surface area contributed by atoms with E-state index in [2.05, 4.69) is 4.72 Å². The Morgan fingerprint density at radius 1 is 1.09 bits per heavy atom. The zero-order valence-electron chi connectivity index (χ0n) is 13.5. The third-order valence-electron chi connectivity index (χ3n) is 3.54. The fourth-order valence-corrected chi connectivity index (χ4v) is 3.37. The largest absolute Gasteiger partial charge is 0.496 e. The minimum absolute atomic E-state index is 0.0538. The molecular weight excluding hydrogens is 314 g/mol. The van der Waals surface area contributed by atoms with E-state index in [1.54, 1.807) is 38.3 Å². The van der Waals surface area contributed by atoms with Gasteiger partial charge in [-0.2, -0.15) is 0 Å². The smallest absolute Gasteiger partial charge is 0.261 e. The number of carbonyl (C=O) groups is 1. The Balaban J connectivity index is 2.41. The minimum atomic E-state index is -3.77. The summed E-state index contributed by atoms with van der Waals surface area (Å²) in [5.41, 5.74) is 2.42. The maximum atomic E-state index is 12.5. The Bertz CT molecular complexity index is 857. The van der Waals surface area contributed by atoms with Crippen LogP contribution in [-0.2, 0) is 10.0 Å². The molecule has 0 saturated heterocycles. The summed E-state index contributed by atoms with van der Waals surface area (Å²) in [6.07, 6.45) is 0. The van der Waals surface area contributed by atoms with Gasteiger partial charge in [0.2, 0.25) is 0 Å². The molecule has 0 saturated carbocycles. The molecule has 0 atom stereocenters. The van der Waals surface area contributed by atoms with E-state index in [-0.39, 0.29) is 10.7 Å². The number of anilines is 1. The molecule has 0 aromatic heterocycles. The van der Waals surface area contributed by atoms with E-state index in [1.165, 1.54) is 19.1 Å². The summed E-state index contributed by atoms with van der Waals surface area (Å²) in [5.74, 6) is 0.516. The molecule has 0 amide bonds. The van der Waals surface area contributed by atoms with Crippen molar-refractivity contribution in [3.05, 3.63) is 53.1 Å². The molecule has 0 spiro atoms. The van der Waals surface area contributed by atoms with Crippen LogP contribution < -0.4 is 9.46 Å². The molecule has 2 aromatic rings. The molecule has 2 aromatic carbocycles. The first kappa shape index (κ1) is 17.0. The SMILES string of the molecule is COc1cc(C)c(NS(=O)(=O)c2cccc(C(C)=O)c2)cc1C. The first-order valence-corrected chi connectivity index (χ1v) is 8.52. The number of aryl methyl sites for hydroxylation is 2. The first-order valence-electron chi connectivity index (χ1n) is 7.03. The number of ketones is 1. The van der Waals surface area contributed by atoms with Crippen LogP contribution in [0.3, 0.4) is 0 Å². The monoisotopic (exact) mass is 333 g/mol. The molecule has 5 nitrogen and oxygen atoms in total. The number of Topliss-reactive ketones (excluding diaryl/α,β-unsaturated/α-hetero) is 1. The summed E-state index contributed by atoms with van der Waals surface area (Å²) < 4.78 is 32.9. The summed E-state index contributed by atoms with van der Waals surface area (Å²) in [7, 11) is -2.20. The standard InChI is InChI=1S/C17H19NO4S/c1-11-9-17(22-4)12(2)8-16(11)18-23(20,21)15-7-5-6-14(10-15)13(3)19/h5-10,18H,1-4H3. The van der Waals surface area contributed by atoms with Crippen molar-refractivity contribution in [2.45, 2.75) is 25.7 Å². The number of sulfonamides is 1. The summed E-state index contributed by atoms with van der Waals surface area (Å²) in [4.78, 5) is 11.5. The van der Waals surface area contributed by atoms with Crippen molar-refractivity contribution in [2.75, 3.05) is 11.8 Å². The van der Waals surface area contributed by atoms with Gasteiger partial charge in [0.05, 0.1) is 17.7 Å². The highest BCUT2D eigenvalue weighted by Crippen LogP contribution is 2.27. The number of methoxy groups -OCH3 is 1. The zero-order valence-corrected chi connectivity index (χ0v) is 14.3. The fraction of sp³-hybridized carbons (Fsp3) is 0.235. The van der Waals surface area contributed by atoms with Gasteiger partial charge in [-0.1, -0.05) is 12.1 Å². The lowest BCUT2D eigenvalue weighted by atomic mass is 10.1. The van der Waals surface area contributed by atoms with Gasteiger partial charge in [-0.25, -0.2) is 8.42 Å². The van der Waals surface area contributed by atoms with E-state index in [1.807, 2.05) is 6.92 Å². The molecule has 6 heteroatoms. The lowest BCUT2D eigenvalue weighted by Crippen LogP contribution is -2.14. The Kier molecular flexibility index (Phi) is 4.75. The highest BCUT2D eigenvalue weighted by atomic mass is 32.2.